The van der Waals surface area contributed by atoms with Crippen LogP contribution < -0.4 is 10.2 Å². The zero-order valence-electron chi connectivity index (χ0n) is 18.0. The van der Waals surface area contributed by atoms with Gasteiger partial charge in [-0.1, -0.05) is 12.1 Å². The molecule has 3 rings (SSSR count). The number of pyridine rings is 1. The van der Waals surface area contributed by atoms with E-state index >= 15 is 0 Å². The number of hydrogen-bond donors (Lipinski definition) is 1. The van der Waals surface area contributed by atoms with Gasteiger partial charge < -0.3 is 20.0 Å². The number of nitriles is 1. The summed E-state index contributed by atoms with van der Waals surface area (Å²) in [6.45, 7) is 8.19. The number of urea groups is 1. The highest BCUT2D eigenvalue weighted by atomic mass is 16.2. The predicted octanol–water partition coefficient (Wildman–Crippen LogP) is 2.47. The molecule has 1 fully saturated rings. The Bertz CT molecular complexity index is 941. The minimum atomic E-state index is -0.110. The first-order chi connectivity index (χ1) is 15.0. The summed E-state index contributed by atoms with van der Waals surface area (Å²) in [6, 6.07) is 12.8. The van der Waals surface area contributed by atoms with Crippen molar-refractivity contribution in [3.63, 3.8) is 0 Å². The van der Waals surface area contributed by atoms with Crippen LogP contribution in [0.5, 0.6) is 0 Å². The van der Waals surface area contributed by atoms with Crippen LogP contribution in [0.3, 0.4) is 0 Å². The molecule has 0 bridgehead atoms. The van der Waals surface area contributed by atoms with Crippen molar-refractivity contribution in [2.24, 2.45) is 0 Å². The second-order valence-electron chi connectivity index (χ2n) is 7.32. The molecule has 8 nitrogen and oxygen atoms in total. The van der Waals surface area contributed by atoms with Crippen molar-refractivity contribution in [3.05, 3.63) is 59.3 Å². The summed E-state index contributed by atoms with van der Waals surface area (Å²) in [6.07, 6.45) is 1.63. The predicted molar refractivity (Wildman–Crippen MR) is 119 cm³/mol. The fourth-order valence-corrected chi connectivity index (χ4v) is 3.55. The van der Waals surface area contributed by atoms with Gasteiger partial charge in [0.1, 0.15) is 5.82 Å². The fourth-order valence-electron chi connectivity index (χ4n) is 3.55. The Morgan fingerprint density at radius 3 is 2.39 bits per heavy atom. The van der Waals surface area contributed by atoms with E-state index in [1.54, 1.807) is 28.1 Å². The smallest absolute Gasteiger partial charge is 0.317 e. The average molecular weight is 421 g/mol. The number of nitrogens with zero attached hydrogens (tertiary/aromatic N) is 5. The van der Waals surface area contributed by atoms with Gasteiger partial charge in [0.15, 0.2) is 0 Å². The maximum absolute atomic E-state index is 12.5. The van der Waals surface area contributed by atoms with Gasteiger partial charge in [-0.05, 0) is 43.7 Å². The number of rotatable bonds is 6. The Labute approximate surface area is 183 Å². The fraction of sp³-hybridized carbons (Fsp3) is 0.391. The van der Waals surface area contributed by atoms with Crippen LogP contribution >= 0.6 is 0 Å². The molecule has 1 aliphatic heterocycles. The van der Waals surface area contributed by atoms with E-state index in [0.717, 1.165) is 11.4 Å². The normalized spacial score (nSPS) is 13.5. The van der Waals surface area contributed by atoms with Crippen LogP contribution in [-0.4, -0.2) is 66.0 Å². The third-order valence-electron chi connectivity index (χ3n) is 5.46. The number of amides is 3. The topological polar surface area (TPSA) is 92.6 Å². The SMILES string of the molecule is CCN(CC)C(=O)c1ccc(CNC(=O)N2CCN(c3cc(C#N)ccn3)CC2)cc1. The van der Waals surface area contributed by atoms with Crippen molar-refractivity contribution in [3.8, 4) is 6.07 Å². The lowest BCUT2D eigenvalue weighted by atomic mass is 10.1. The van der Waals surface area contributed by atoms with Crippen LogP contribution in [0.4, 0.5) is 10.6 Å². The Balaban J connectivity index is 1.48. The van der Waals surface area contributed by atoms with Gasteiger partial charge in [0.2, 0.25) is 0 Å². The van der Waals surface area contributed by atoms with Gasteiger partial charge in [0.25, 0.3) is 5.91 Å². The summed E-state index contributed by atoms with van der Waals surface area (Å²) < 4.78 is 0. The molecule has 1 aromatic heterocycles. The first-order valence-electron chi connectivity index (χ1n) is 10.6. The molecule has 1 aromatic carbocycles. The number of aromatic nitrogens is 1. The van der Waals surface area contributed by atoms with Gasteiger partial charge in [0, 0.05) is 57.6 Å². The van der Waals surface area contributed by atoms with E-state index < -0.39 is 0 Å². The number of nitrogens with one attached hydrogen (secondary N) is 1. The van der Waals surface area contributed by atoms with E-state index in [0.29, 0.717) is 56.9 Å². The molecule has 31 heavy (non-hydrogen) atoms. The summed E-state index contributed by atoms with van der Waals surface area (Å²) in [5, 5.41) is 12.0. The highest BCUT2D eigenvalue weighted by Gasteiger charge is 2.22. The largest absolute Gasteiger partial charge is 0.353 e. The molecule has 0 saturated carbocycles. The molecule has 0 spiro atoms. The maximum Gasteiger partial charge on any atom is 0.317 e. The van der Waals surface area contributed by atoms with Crippen molar-refractivity contribution < 1.29 is 9.59 Å². The molecule has 0 radical (unpaired) electrons. The zero-order valence-corrected chi connectivity index (χ0v) is 18.0. The molecule has 8 heteroatoms. The second kappa shape index (κ2) is 10.4. The third-order valence-corrected chi connectivity index (χ3v) is 5.46. The lowest BCUT2D eigenvalue weighted by molar-refractivity contribution is 0.0773. The summed E-state index contributed by atoms with van der Waals surface area (Å²) in [7, 11) is 0. The first-order valence-corrected chi connectivity index (χ1v) is 10.6. The summed E-state index contributed by atoms with van der Waals surface area (Å²) in [4.78, 5) is 34.9. The molecular formula is C23H28N6O2. The summed E-state index contributed by atoms with van der Waals surface area (Å²) >= 11 is 0. The second-order valence-corrected chi connectivity index (χ2v) is 7.32. The number of carbonyl (C=O) groups excluding carboxylic acids is 2. The van der Waals surface area contributed by atoms with E-state index in [1.165, 1.54) is 0 Å². The van der Waals surface area contributed by atoms with E-state index in [-0.39, 0.29) is 11.9 Å². The first kappa shape index (κ1) is 22.1. The molecule has 3 amide bonds. The van der Waals surface area contributed by atoms with Crippen LogP contribution in [0.1, 0.15) is 35.3 Å². The van der Waals surface area contributed by atoms with Gasteiger partial charge in [-0.3, -0.25) is 4.79 Å². The van der Waals surface area contributed by atoms with Crippen molar-refractivity contribution >= 4 is 17.8 Å². The Morgan fingerprint density at radius 2 is 1.77 bits per heavy atom. The highest BCUT2D eigenvalue weighted by molar-refractivity contribution is 5.94. The van der Waals surface area contributed by atoms with E-state index in [2.05, 4.69) is 21.3 Å². The lowest BCUT2D eigenvalue weighted by Gasteiger charge is -2.35. The zero-order chi connectivity index (χ0) is 22.2. The molecule has 162 valence electrons. The van der Waals surface area contributed by atoms with Gasteiger partial charge in [-0.15, -0.1) is 0 Å². The van der Waals surface area contributed by atoms with Crippen molar-refractivity contribution in [1.29, 1.82) is 5.26 Å². The molecular weight excluding hydrogens is 392 g/mol. The number of carbonyl (C=O) groups is 2. The van der Waals surface area contributed by atoms with E-state index in [9.17, 15) is 9.59 Å². The lowest BCUT2D eigenvalue weighted by Crippen LogP contribution is -2.51. The van der Waals surface area contributed by atoms with Crippen molar-refractivity contribution in [2.75, 3.05) is 44.2 Å². The van der Waals surface area contributed by atoms with E-state index in [4.69, 9.17) is 5.26 Å². The van der Waals surface area contributed by atoms with Crippen LogP contribution in [-0.2, 0) is 6.54 Å². The summed E-state index contributed by atoms with van der Waals surface area (Å²) in [5.41, 5.74) is 2.18. The Morgan fingerprint density at radius 1 is 1.10 bits per heavy atom. The van der Waals surface area contributed by atoms with Crippen LogP contribution in [0, 0.1) is 11.3 Å². The van der Waals surface area contributed by atoms with Crippen LogP contribution in [0.2, 0.25) is 0 Å². The molecule has 1 N–H and O–H groups in total. The third kappa shape index (κ3) is 5.51. The van der Waals surface area contributed by atoms with Crippen LogP contribution in [0.25, 0.3) is 0 Å². The molecule has 0 unspecified atom stereocenters. The van der Waals surface area contributed by atoms with Gasteiger partial charge in [-0.2, -0.15) is 5.26 Å². The molecule has 2 heterocycles. The number of anilines is 1. The maximum atomic E-state index is 12.5. The van der Waals surface area contributed by atoms with Crippen molar-refractivity contribution in [2.45, 2.75) is 20.4 Å². The molecule has 1 saturated heterocycles. The van der Waals surface area contributed by atoms with Crippen LogP contribution in [0.15, 0.2) is 42.6 Å². The highest BCUT2D eigenvalue weighted by Crippen LogP contribution is 2.15. The number of benzene rings is 1. The van der Waals surface area contributed by atoms with Gasteiger partial charge in [0.05, 0.1) is 11.6 Å². The standard InChI is InChI=1S/C23H28N6O2/c1-3-27(4-2)22(30)20-7-5-18(6-8-20)17-26-23(31)29-13-11-28(12-14-29)21-15-19(16-24)9-10-25-21/h5-10,15H,3-4,11-14,17H2,1-2H3,(H,26,31). The molecule has 0 atom stereocenters. The average Bonchev–Trinajstić information content (AvgIpc) is 2.83. The Kier molecular flexibility index (Phi) is 7.44. The monoisotopic (exact) mass is 420 g/mol. The minimum absolute atomic E-state index is 0.0215. The summed E-state index contributed by atoms with van der Waals surface area (Å²) in [5.74, 6) is 0.784. The van der Waals surface area contributed by atoms with E-state index in [1.807, 2.05) is 38.1 Å². The van der Waals surface area contributed by atoms with Crippen molar-refractivity contribution in [1.82, 2.24) is 20.1 Å². The number of piperazine rings is 1. The minimum Gasteiger partial charge on any atom is -0.353 e. The molecule has 1 aliphatic rings. The van der Waals surface area contributed by atoms with Gasteiger partial charge in [-0.25, -0.2) is 9.78 Å². The number of hydrogen-bond acceptors (Lipinski definition) is 5. The Hall–Kier alpha value is -3.60. The quantitative estimate of drug-likeness (QED) is 0.775. The molecule has 2 aromatic rings. The van der Waals surface area contributed by atoms with Gasteiger partial charge >= 0.3 is 6.03 Å². The molecule has 0 aliphatic carbocycles.